The molecule has 6 heteroatoms. The minimum absolute atomic E-state index is 0.00939. The molecule has 0 saturated heterocycles. The fourth-order valence-electron chi connectivity index (χ4n) is 8.88. The van der Waals surface area contributed by atoms with E-state index in [-0.39, 0.29) is 18.5 Å². The lowest BCUT2D eigenvalue weighted by atomic mass is 10.0. The highest BCUT2D eigenvalue weighted by molar-refractivity contribution is 5.76. The molecule has 1 amide bonds. The van der Waals surface area contributed by atoms with Gasteiger partial charge in [0.05, 0.1) is 25.4 Å². The molecule has 0 aromatic rings. The number of esters is 1. The van der Waals surface area contributed by atoms with Crippen LogP contribution in [0.2, 0.25) is 0 Å². The van der Waals surface area contributed by atoms with Gasteiger partial charge in [0.1, 0.15) is 0 Å². The summed E-state index contributed by atoms with van der Waals surface area (Å²) in [4.78, 5) is 24.5. The summed E-state index contributed by atoms with van der Waals surface area (Å²) in [5.41, 5.74) is 0. The molecule has 0 aliphatic carbocycles. The first-order chi connectivity index (χ1) is 30.0. The first-order valence-corrected chi connectivity index (χ1v) is 27.8. The van der Waals surface area contributed by atoms with E-state index in [1.807, 2.05) is 0 Å². The molecule has 364 valence electrons. The van der Waals surface area contributed by atoms with E-state index in [2.05, 4.69) is 19.2 Å². The van der Waals surface area contributed by atoms with Crippen LogP contribution in [0.1, 0.15) is 316 Å². The normalized spacial score (nSPS) is 12.5. The van der Waals surface area contributed by atoms with E-state index < -0.39 is 12.1 Å². The zero-order valence-corrected chi connectivity index (χ0v) is 41.4. The summed E-state index contributed by atoms with van der Waals surface area (Å²) in [6, 6.07) is -0.542. The van der Waals surface area contributed by atoms with Crippen LogP contribution in [0.5, 0.6) is 0 Å². The molecule has 0 aliphatic heterocycles. The fraction of sp³-hybridized carbons (Fsp3) is 0.964. The second kappa shape index (κ2) is 51.5. The molecule has 0 radical (unpaired) electrons. The Kier molecular flexibility index (Phi) is 50.5. The molecule has 2 unspecified atom stereocenters. The molecule has 0 spiro atoms. The number of carbonyl (C=O) groups is 2. The van der Waals surface area contributed by atoms with E-state index in [9.17, 15) is 19.8 Å². The van der Waals surface area contributed by atoms with Crippen molar-refractivity contribution in [3.63, 3.8) is 0 Å². The van der Waals surface area contributed by atoms with Gasteiger partial charge in [-0.2, -0.15) is 0 Å². The quantitative estimate of drug-likeness (QED) is 0.0418. The number of hydrogen-bond acceptors (Lipinski definition) is 5. The number of aliphatic hydroxyl groups is 2. The summed E-state index contributed by atoms with van der Waals surface area (Å²) < 4.78 is 5.48. The Morgan fingerprint density at radius 3 is 1.00 bits per heavy atom. The smallest absolute Gasteiger partial charge is 0.305 e. The van der Waals surface area contributed by atoms with Gasteiger partial charge in [-0.25, -0.2) is 0 Å². The number of aliphatic hydroxyl groups excluding tert-OH is 2. The van der Waals surface area contributed by atoms with Gasteiger partial charge < -0.3 is 20.3 Å². The number of carbonyl (C=O) groups excluding carboxylic acids is 2. The SMILES string of the molecule is CCCCCCCCCCCCCCCCCCC(=O)OCCCCCCCCCCCCCCCCCCCC(=O)NC(CO)C(O)CCCCCCCCCCCCC. The first-order valence-electron chi connectivity index (χ1n) is 27.8. The topological polar surface area (TPSA) is 95.9 Å². The number of hydrogen-bond donors (Lipinski definition) is 3. The predicted octanol–water partition coefficient (Wildman–Crippen LogP) is 16.7. The Morgan fingerprint density at radius 1 is 0.393 bits per heavy atom. The molecule has 0 aromatic carbocycles. The second-order valence-electron chi connectivity index (χ2n) is 19.3. The maximum absolute atomic E-state index is 12.4. The summed E-state index contributed by atoms with van der Waals surface area (Å²) in [6.45, 7) is 4.95. The van der Waals surface area contributed by atoms with E-state index in [0.717, 1.165) is 38.5 Å². The van der Waals surface area contributed by atoms with Crippen LogP contribution in [0.4, 0.5) is 0 Å². The highest BCUT2D eigenvalue weighted by Gasteiger charge is 2.20. The van der Waals surface area contributed by atoms with Crippen LogP contribution in [-0.4, -0.2) is 47.4 Å². The van der Waals surface area contributed by atoms with Gasteiger partial charge in [-0.1, -0.05) is 277 Å². The van der Waals surface area contributed by atoms with Gasteiger partial charge in [-0.15, -0.1) is 0 Å². The Morgan fingerprint density at radius 2 is 0.672 bits per heavy atom. The Hall–Kier alpha value is -1.14. The zero-order valence-electron chi connectivity index (χ0n) is 41.4. The van der Waals surface area contributed by atoms with Crippen LogP contribution < -0.4 is 5.32 Å². The Bertz CT molecular complexity index is 867. The molecule has 3 N–H and O–H groups in total. The summed E-state index contributed by atoms with van der Waals surface area (Å²) in [6.07, 6.45) is 58.0. The third-order valence-corrected chi connectivity index (χ3v) is 13.2. The fourth-order valence-corrected chi connectivity index (χ4v) is 8.88. The summed E-state index contributed by atoms with van der Waals surface area (Å²) in [5.74, 6) is -0.0303. The monoisotopic (exact) mass is 864 g/mol. The standard InChI is InChI=1S/C55H109NO5/c1-3-5-7-9-11-13-15-16-17-22-25-29-33-37-41-45-49-55(60)61-50-46-42-38-34-30-26-23-20-18-19-21-24-28-32-36-40-44-48-54(59)56-52(51-57)53(58)47-43-39-35-31-27-14-12-10-8-6-4-2/h52-53,57-58H,3-51H2,1-2H3,(H,56,59). The lowest BCUT2D eigenvalue weighted by molar-refractivity contribution is -0.143. The number of unbranched alkanes of at least 4 members (excludes halogenated alkanes) is 41. The third-order valence-electron chi connectivity index (χ3n) is 13.2. The van der Waals surface area contributed by atoms with Crippen molar-refractivity contribution < 1.29 is 24.5 Å². The summed E-state index contributed by atoms with van der Waals surface area (Å²) in [7, 11) is 0. The molecule has 0 heterocycles. The molecular formula is C55H109NO5. The molecule has 0 rings (SSSR count). The second-order valence-corrected chi connectivity index (χ2v) is 19.3. The Balaban J connectivity index is 3.37. The number of rotatable bonds is 52. The van der Waals surface area contributed by atoms with Gasteiger partial charge in [0.2, 0.25) is 5.91 Å². The van der Waals surface area contributed by atoms with Crippen LogP contribution in [0.15, 0.2) is 0 Å². The van der Waals surface area contributed by atoms with Crippen LogP contribution in [0.25, 0.3) is 0 Å². The molecule has 0 saturated carbocycles. The summed E-state index contributed by atoms with van der Waals surface area (Å²) >= 11 is 0. The molecule has 61 heavy (non-hydrogen) atoms. The van der Waals surface area contributed by atoms with Crippen molar-refractivity contribution in [2.45, 2.75) is 328 Å². The largest absolute Gasteiger partial charge is 0.466 e. The zero-order chi connectivity index (χ0) is 44.4. The van der Waals surface area contributed by atoms with Crippen LogP contribution in [0.3, 0.4) is 0 Å². The number of amides is 1. The first kappa shape index (κ1) is 59.9. The minimum Gasteiger partial charge on any atom is -0.466 e. The van der Waals surface area contributed by atoms with Crippen LogP contribution in [-0.2, 0) is 14.3 Å². The van der Waals surface area contributed by atoms with Gasteiger partial charge in [0.15, 0.2) is 0 Å². The van der Waals surface area contributed by atoms with E-state index in [0.29, 0.717) is 25.9 Å². The van der Waals surface area contributed by atoms with Crippen molar-refractivity contribution in [3.8, 4) is 0 Å². The molecule has 0 fully saturated rings. The molecular weight excluding hydrogens is 755 g/mol. The minimum atomic E-state index is -0.665. The van der Waals surface area contributed by atoms with E-state index >= 15 is 0 Å². The van der Waals surface area contributed by atoms with Gasteiger partial charge in [0.25, 0.3) is 0 Å². The van der Waals surface area contributed by atoms with Crippen molar-refractivity contribution >= 4 is 11.9 Å². The highest BCUT2D eigenvalue weighted by atomic mass is 16.5. The molecule has 0 aromatic heterocycles. The van der Waals surface area contributed by atoms with Crippen LogP contribution in [0, 0.1) is 0 Å². The molecule has 6 nitrogen and oxygen atoms in total. The van der Waals surface area contributed by atoms with Crippen molar-refractivity contribution in [1.29, 1.82) is 0 Å². The van der Waals surface area contributed by atoms with E-state index in [1.54, 1.807) is 0 Å². The third kappa shape index (κ3) is 48.2. The van der Waals surface area contributed by atoms with Gasteiger partial charge in [0, 0.05) is 12.8 Å². The number of ether oxygens (including phenoxy) is 1. The van der Waals surface area contributed by atoms with E-state index in [1.165, 1.54) is 244 Å². The average molecular weight is 864 g/mol. The lowest BCUT2D eigenvalue weighted by Gasteiger charge is -2.22. The van der Waals surface area contributed by atoms with Crippen LogP contribution >= 0.6 is 0 Å². The maximum Gasteiger partial charge on any atom is 0.305 e. The van der Waals surface area contributed by atoms with Gasteiger partial charge >= 0.3 is 5.97 Å². The molecule has 2 atom stereocenters. The van der Waals surface area contributed by atoms with Crippen molar-refractivity contribution in [2.24, 2.45) is 0 Å². The maximum atomic E-state index is 12.4. The highest BCUT2D eigenvalue weighted by Crippen LogP contribution is 2.18. The number of nitrogens with one attached hydrogen (secondary N) is 1. The molecule has 0 bridgehead atoms. The van der Waals surface area contributed by atoms with Crippen molar-refractivity contribution in [2.75, 3.05) is 13.2 Å². The lowest BCUT2D eigenvalue weighted by Crippen LogP contribution is -2.45. The van der Waals surface area contributed by atoms with Crippen molar-refractivity contribution in [3.05, 3.63) is 0 Å². The predicted molar refractivity (Wildman–Crippen MR) is 264 cm³/mol. The van der Waals surface area contributed by atoms with Gasteiger partial charge in [-0.3, -0.25) is 9.59 Å². The van der Waals surface area contributed by atoms with Crippen molar-refractivity contribution in [1.82, 2.24) is 5.32 Å². The Labute approximate surface area is 381 Å². The molecule has 0 aliphatic rings. The van der Waals surface area contributed by atoms with E-state index in [4.69, 9.17) is 4.74 Å². The summed E-state index contributed by atoms with van der Waals surface area (Å²) in [5, 5.41) is 23.2. The van der Waals surface area contributed by atoms with Gasteiger partial charge in [-0.05, 0) is 25.7 Å². The average Bonchev–Trinajstić information content (AvgIpc) is 3.26.